The Morgan fingerprint density at radius 1 is 1.09 bits per heavy atom. The molecule has 0 aliphatic carbocycles. The van der Waals surface area contributed by atoms with E-state index in [1.165, 1.54) is 11.8 Å². The summed E-state index contributed by atoms with van der Waals surface area (Å²) in [4.78, 5) is 29.6. The van der Waals surface area contributed by atoms with E-state index < -0.39 is 0 Å². The maximum Gasteiger partial charge on any atom is 0.264 e. The molecule has 2 N–H and O–H groups in total. The number of thioether (sulfide) groups is 1. The number of ether oxygens (including phenoxy) is 1. The second kappa shape index (κ2) is 10.7. The van der Waals surface area contributed by atoms with Crippen molar-refractivity contribution in [3.63, 3.8) is 0 Å². The number of anilines is 1. The molecule has 3 aromatic carbocycles. The molecule has 1 heterocycles. The number of carbonyl (C=O) groups excluding carboxylic acids is 2. The van der Waals surface area contributed by atoms with Crippen molar-refractivity contribution >= 4 is 62.1 Å². The van der Waals surface area contributed by atoms with E-state index in [2.05, 4.69) is 31.6 Å². The number of amidine groups is 1. The van der Waals surface area contributed by atoms with Crippen molar-refractivity contribution < 1.29 is 14.3 Å². The Kier molecular flexibility index (Phi) is 7.49. The minimum atomic E-state index is -0.247. The molecule has 0 aromatic heterocycles. The van der Waals surface area contributed by atoms with Crippen molar-refractivity contribution in [3.05, 3.63) is 92.8 Å². The molecule has 0 radical (unpaired) electrons. The molecular formula is C26H22BrN3O3S. The number of amides is 2. The van der Waals surface area contributed by atoms with Crippen molar-refractivity contribution in [3.8, 4) is 5.75 Å². The molecule has 6 nitrogen and oxygen atoms in total. The lowest BCUT2D eigenvalue weighted by Crippen LogP contribution is -2.20. The average molecular weight is 536 g/mol. The van der Waals surface area contributed by atoms with E-state index in [9.17, 15) is 9.59 Å². The predicted molar refractivity (Wildman–Crippen MR) is 141 cm³/mol. The summed E-state index contributed by atoms with van der Waals surface area (Å²) in [5.74, 6) is 0.0925. The molecule has 0 bridgehead atoms. The molecule has 0 spiro atoms. The van der Waals surface area contributed by atoms with Gasteiger partial charge in [-0.25, -0.2) is 4.99 Å². The first-order valence-corrected chi connectivity index (χ1v) is 12.1. The van der Waals surface area contributed by atoms with E-state index in [4.69, 9.17) is 4.74 Å². The smallest absolute Gasteiger partial charge is 0.264 e. The first kappa shape index (κ1) is 23.8. The van der Waals surface area contributed by atoms with Gasteiger partial charge in [-0.1, -0.05) is 35.9 Å². The molecule has 1 aliphatic rings. The van der Waals surface area contributed by atoms with Gasteiger partial charge in [0.1, 0.15) is 5.75 Å². The zero-order valence-electron chi connectivity index (χ0n) is 18.6. The molecule has 1 aliphatic heterocycles. The molecule has 0 atom stereocenters. The van der Waals surface area contributed by atoms with Gasteiger partial charge >= 0.3 is 0 Å². The first-order valence-electron chi connectivity index (χ1n) is 10.5. The van der Waals surface area contributed by atoms with E-state index in [0.717, 1.165) is 28.1 Å². The van der Waals surface area contributed by atoms with Crippen LogP contribution >= 0.6 is 27.7 Å². The van der Waals surface area contributed by atoms with Crippen LogP contribution in [0.15, 0.2) is 81.1 Å². The molecule has 0 unspecified atom stereocenters. The lowest BCUT2D eigenvalue weighted by Gasteiger charge is -2.10. The number of nitrogens with one attached hydrogen (secondary N) is 2. The largest absolute Gasteiger partial charge is 0.483 e. The summed E-state index contributed by atoms with van der Waals surface area (Å²) in [6.07, 6.45) is 1.79. The quantitative estimate of drug-likeness (QED) is 0.380. The minimum Gasteiger partial charge on any atom is -0.483 e. The van der Waals surface area contributed by atoms with Crippen LogP contribution in [0, 0.1) is 13.8 Å². The van der Waals surface area contributed by atoms with Gasteiger partial charge in [0, 0.05) is 5.69 Å². The number of hydrogen-bond acceptors (Lipinski definition) is 5. The van der Waals surface area contributed by atoms with Gasteiger partial charge in [0.15, 0.2) is 11.8 Å². The number of halogens is 1. The van der Waals surface area contributed by atoms with Crippen LogP contribution in [0.3, 0.4) is 0 Å². The summed E-state index contributed by atoms with van der Waals surface area (Å²) < 4.78 is 6.34. The number of aryl methyl sites for hydroxylation is 2. The summed E-state index contributed by atoms with van der Waals surface area (Å²) in [5, 5.41) is 6.15. The number of hydrogen-bond donors (Lipinski definition) is 2. The van der Waals surface area contributed by atoms with E-state index in [0.29, 0.717) is 20.3 Å². The highest BCUT2D eigenvalue weighted by Crippen LogP contribution is 2.31. The summed E-state index contributed by atoms with van der Waals surface area (Å²) >= 11 is 4.77. The van der Waals surface area contributed by atoms with E-state index >= 15 is 0 Å². The number of rotatable bonds is 6. The lowest BCUT2D eigenvalue weighted by atomic mass is 10.2. The first-order chi connectivity index (χ1) is 16.4. The van der Waals surface area contributed by atoms with Crippen LogP contribution in [-0.2, 0) is 9.59 Å². The van der Waals surface area contributed by atoms with Crippen molar-refractivity contribution in [1.29, 1.82) is 0 Å². The van der Waals surface area contributed by atoms with Crippen LogP contribution in [0.5, 0.6) is 5.75 Å². The number of aliphatic imine (C=N–C) groups is 1. The van der Waals surface area contributed by atoms with Crippen LogP contribution < -0.4 is 15.4 Å². The second-order valence-electron chi connectivity index (χ2n) is 7.71. The Labute approximate surface area is 210 Å². The molecule has 172 valence electrons. The fraction of sp³-hybridized carbons (Fsp3) is 0.115. The fourth-order valence-electron chi connectivity index (χ4n) is 3.16. The van der Waals surface area contributed by atoms with Gasteiger partial charge in [-0.2, -0.15) is 0 Å². The topological polar surface area (TPSA) is 79.8 Å². The Bertz CT molecular complexity index is 1300. The molecule has 4 rings (SSSR count). The maximum atomic E-state index is 12.4. The van der Waals surface area contributed by atoms with Crippen LogP contribution in [-0.4, -0.2) is 23.6 Å². The van der Waals surface area contributed by atoms with Crippen LogP contribution in [0.1, 0.15) is 16.7 Å². The van der Waals surface area contributed by atoms with Gasteiger partial charge < -0.3 is 15.4 Å². The van der Waals surface area contributed by atoms with Crippen LogP contribution in [0.2, 0.25) is 0 Å². The van der Waals surface area contributed by atoms with Crippen molar-refractivity contribution in [2.75, 3.05) is 11.9 Å². The maximum absolute atomic E-state index is 12.4. The van der Waals surface area contributed by atoms with E-state index in [1.54, 1.807) is 12.1 Å². The molecule has 3 aromatic rings. The summed E-state index contributed by atoms with van der Waals surface area (Å²) in [6.45, 7) is 3.86. The Morgan fingerprint density at radius 3 is 2.62 bits per heavy atom. The lowest BCUT2D eigenvalue weighted by molar-refractivity contribution is -0.118. The van der Waals surface area contributed by atoms with Crippen LogP contribution in [0.25, 0.3) is 6.08 Å². The van der Waals surface area contributed by atoms with Crippen molar-refractivity contribution in [2.45, 2.75) is 13.8 Å². The number of carbonyl (C=O) groups is 2. The molecule has 8 heteroatoms. The Morgan fingerprint density at radius 2 is 1.88 bits per heavy atom. The highest BCUT2D eigenvalue weighted by Gasteiger charge is 2.24. The summed E-state index contributed by atoms with van der Waals surface area (Å²) in [5.41, 5.74) is 4.54. The Balaban J connectivity index is 1.38. The standard InChI is InChI=1S/C26H22BrN3O3S/c1-16-6-9-19(10-7-16)29-26-30-25(32)23(34-26)14-18-8-11-22(21(27)13-18)33-15-24(31)28-20-5-3-4-17(2)12-20/h3-14H,15H2,1-2H3,(H,28,31)(H,29,30,32)/b23-14-. The third-order valence-corrected chi connectivity index (χ3v) is 6.36. The third-order valence-electron chi connectivity index (χ3n) is 4.83. The molecule has 34 heavy (non-hydrogen) atoms. The number of benzene rings is 3. The zero-order chi connectivity index (χ0) is 24.1. The molecule has 1 fully saturated rings. The molecule has 0 saturated carbocycles. The molecular weight excluding hydrogens is 514 g/mol. The summed E-state index contributed by atoms with van der Waals surface area (Å²) in [7, 11) is 0. The minimum absolute atomic E-state index is 0.121. The SMILES string of the molecule is Cc1ccc(N=C2NC(=O)/C(=C/c3ccc(OCC(=O)Nc4cccc(C)c4)c(Br)c3)S2)cc1. The highest BCUT2D eigenvalue weighted by molar-refractivity contribution is 9.10. The van der Waals surface area contributed by atoms with Crippen molar-refractivity contribution in [2.24, 2.45) is 4.99 Å². The average Bonchev–Trinajstić information content (AvgIpc) is 3.13. The normalized spacial score (nSPS) is 15.4. The number of nitrogens with zero attached hydrogens (tertiary/aromatic N) is 1. The highest BCUT2D eigenvalue weighted by atomic mass is 79.9. The van der Waals surface area contributed by atoms with Gasteiger partial charge in [0.2, 0.25) is 0 Å². The molecule has 2 amide bonds. The summed E-state index contributed by atoms with van der Waals surface area (Å²) in [6, 6.07) is 20.8. The monoisotopic (exact) mass is 535 g/mol. The van der Waals surface area contributed by atoms with Crippen molar-refractivity contribution in [1.82, 2.24) is 5.32 Å². The van der Waals surface area contributed by atoms with Gasteiger partial charge in [-0.05, 0) is 95.1 Å². The van der Waals surface area contributed by atoms with E-state index in [1.807, 2.05) is 74.5 Å². The van der Waals surface area contributed by atoms with Gasteiger partial charge in [0.25, 0.3) is 11.8 Å². The van der Waals surface area contributed by atoms with Gasteiger partial charge in [0.05, 0.1) is 15.1 Å². The van der Waals surface area contributed by atoms with Gasteiger partial charge in [-0.3, -0.25) is 9.59 Å². The molecule has 1 saturated heterocycles. The second-order valence-corrected chi connectivity index (χ2v) is 9.60. The van der Waals surface area contributed by atoms with E-state index in [-0.39, 0.29) is 18.4 Å². The Hall–Kier alpha value is -3.36. The van der Waals surface area contributed by atoms with Crippen LogP contribution in [0.4, 0.5) is 11.4 Å². The third kappa shape index (κ3) is 6.36. The predicted octanol–water partition coefficient (Wildman–Crippen LogP) is 5.98. The zero-order valence-corrected chi connectivity index (χ0v) is 21.0. The van der Waals surface area contributed by atoms with Gasteiger partial charge in [-0.15, -0.1) is 0 Å². The fourth-order valence-corrected chi connectivity index (χ4v) is 4.51.